The van der Waals surface area contributed by atoms with Gasteiger partial charge in [0.05, 0.1) is 30.9 Å². The van der Waals surface area contributed by atoms with Crippen LogP contribution in [-0.4, -0.2) is 43.7 Å². The van der Waals surface area contributed by atoms with Crippen molar-refractivity contribution in [3.05, 3.63) is 70.5 Å². The molecule has 7 nitrogen and oxygen atoms in total. The Morgan fingerprint density at radius 2 is 1.96 bits per heavy atom. The minimum absolute atomic E-state index is 0.00104. The van der Waals surface area contributed by atoms with Crippen LogP contribution in [-0.2, 0) is 4.74 Å². The van der Waals surface area contributed by atoms with Crippen LogP contribution in [0.1, 0.15) is 22.4 Å². The topological polar surface area (TPSA) is 84.9 Å². The Morgan fingerprint density at radius 1 is 1.15 bits per heavy atom. The van der Waals surface area contributed by atoms with Crippen molar-refractivity contribution in [3.63, 3.8) is 0 Å². The number of rotatable bonds is 5. The summed E-state index contributed by atoms with van der Waals surface area (Å²) in [5, 5.41) is 3.32. The second-order valence-electron chi connectivity index (χ2n) is 6.36. The van der Waals surface area contributed by atoms with Crippen LogP contribution in [0.3, 0.4) is 0 Å². The van der Waals surface area contributed by atoms with Gasteiger partial charge in [0, 0.05) is 25.7 Å². The number of carbonyl (C=O) groups excluding carboxylic acids is 1. The molecule has 3 aromatic rings. The van der Waals surface area contributed by atoms with E-state index in [1.165, 1.54) is 6.07 Å². The molecule has 1 saturated heterocycles. The van der Waals surface area contributed by atoms with E-state index in [-0.39, 0.29) is 17.2 Å². The van der Waals surface area contributed by atoms with Crippen molar-refractivity contribution in [2.24, 2.45) is 0 Å². The maximum absolute atomic E-state index is 12.6. The fraction of sp³-hybridized carbons (Fsp3) is 0.300. The SMILES string of the molecule is O=C(NC[C@H](c1ccco1)N1CCOCC1)c1cc(=O)c2ccccc2o1. The maximum atomic E-state index is 12.6. The summed E-state index contributed by atoms with van der Waals surface area (Å²) in [5.74, 6) is 0.346. The van der Waals surface area contributed by atoms with E-state index in [4.69, 9.17) is 13.6 Å². The number of furan rings is 1. The second kappa shape index (κ2) is 7.77. The average molecular weight is 368 g/mol. The van der Waals surface area contributed by atoms with Gasteiger partial charge in [-0.05, 0) is 24.3 Å². The number of hydrogen-bond donors (Lipinski definition) is 1. The lowest BCUT2D eigenvalue weighted by molar-refractivity contribution is 0.0117. The molecule has 0 radical (unpaired) electrons. The lowest BCUT2D eigenvalue weighted by Gasteiger charge is -2.33. The lowest BCUT2D eigenvalue weighted by atomic mass is 10.1. The van der Waals surface area contributed by atoms with Gasteiger partial charge in [-0.15, -0.1) is 0 Å². The van der Waals surface area contributed by atoms with Crippen LogP contribution >= 0.6 is 0 Å². The minimum atomic E-state index is -0.428. The molecule has 4 rings (SSSR count). The van der Waals surface area contributed by atoms with Crippen LogP contribution in [0.25, 0.3) is 11.0 Å². The Hall–Kier alpha value is -2.90. The number of nitrogens with one attached hydrogen (secondary N) is 1. The predicted molar refractivity (Wildman–Crippen MR) is 98.7 cm³/mol. The Labute approximate surface area is 155 Å². The summed E-state index contributed by atoms with van der Waals surface area (Å²) in [7, 11) is 0. The molecule has 3 heterocycles. The summed E-state index contributed by atoms with van der Waals surface area (Å²) in [4.78, 5) is 27.0. The van der Waals surface area contributed by atoms with E-state index in [2.05, 4.69) is 10.2 Å². The fourth-order valence-electron chi connectivity index (χ4n) is 3.27. The number of benzene rings is 1. The quantitative estimate of drug-likeness (QED) is 0.743. The van der Waals surface area contributed by atoms with Crippen molar-refractivity contribution >= 4 is 16.9 Å². The molecule has 1 aliphatic rings. The van der Waals surface area contributed by atoms with Gasteiger partial charge in [-0.3, -0.25) is 14.5 Å². The number of amides is 1. The molecule has 0 spiro atoms. The zero-order chi connectivity index (χ0) is 18.6. The van der Waals surface area contributed by atoms with Crippen molar-refractivity contribution < 1.29 is 18.4 Å². The summed E-state index contributed by atoms with van der Waals surface area (Å²) < 4.78 is 16.6. The highest BCUT2D eigenvalue weighted by atomic mass is 16.5. The number of ether oxygens (including phenoxy) is 1. The Morgan fingerprint density at radius 3 is 2.74 bits per heavy atom. The molecule has 0 bridgehead atoms. The summed E-state index contributed by atoms with van der Waals surface area (Å²) >= 11 is 0. The molecule has 1 atom stereocenters. The molecule has 0 aliphatic carbocycles. The van der Waals surface area contributed by atoms with Crippen molar-refractivity contribution in [2.75, 3.05) is 32.8 Å². The van der Waals surface area contributed by atoms with Crippen LogP contribution < -0.4 is 10.7 Å². The Kier molecular flexibility index (Phi) is 5.04. The van der Waals surface area contributed by atoms with Crippen molar-refractivity contribution in [1.82, 2.24) is 10.2 Å². The van der Waals surface area contributed by atoms with E-state index in [9.17, 15) is 9.59 Å². The largest absolute Gasteiger partial charge is 0.468 e. The Bertz CT molecular complexity index is 973. The first-order chi connectivity index (χ1) is 13.2. The zero-order valence-corrected chi connectivity index (χ0v) is 14.7. The molecule has 2 aromatic heterocycles. The number of fused-ring (bicyclic) bond motifs is 1. The molecule has 1 amide bonds. The molecule has 27 heavy (non-hydrogen) atoms. The first-order valence-electron chi connectivity index (χ1n) is 8.88. The van der Waals surface area contributed by atoms with Crippen LogP contribution in [0.2, 0.25) is 0 Å². The second-order valence-corrected chi connectivity index (χ2v) is 6.36. The minimum Gasteiger partial charge on any atom is -0.468 e. The summed E-state index contributed by atoms with van der Waals surface area (Å²) in [6.07, 6.45) is 1.62. The maximum Gasteiger partial charge on any atom is 0.287 e. The van der Waals surface area contributed by atoms with Gasteiger partial charge in [0.1, 0.15) is 11.3 Å². The highest BCUT2D eigenvalue weighted by molar-refractivity contribution is 5.93. The van der Waals surface area contributed by atoms with Gasteiger partial charge in [0.2, 0.25) is 0 Å². The standard InChI is InChI=1S/C20H20N2O5/c23-16-12-19(27-17-5-2-1-4-14(16)17)20(24)21-13-15(18-6-3-9-26-18)22-7-10-25-11-8-22/h1-6,9,12,15H,7-8,10-11,13H2,(H,21,24)/t15-/m1/s1. The van der Waals surface area contributed by atoms with E-state index in [1.54, 1.807) is 30.5 Å². The molecule has 1 fully saturated rings. The Balaban J connectivity index is 1.52. The molecule has 7 heteroatoms. The number of hydrogen-bond acceptors (Lipinski definition) is 6. The molecular formula is C20H20N2O5. The van der Waals surface area contributed by atoms with E-state index in [0.29, 0.717) is 30.7 Å². The average Bonchev–Trinajstić information content (AvgIpc) is 3.23. The smallest absolute Gasteiger partial charge is 0.287 e. The van der Waals surface area contributed by atoms with E-state index < -0.39 is 5.91 Å². The highest BCUT2D eigenvalue weighted by Crippen LogP contribution is 2.22. The summed E-state index contributed by atoms with van der Waals surface area (Å²) in [5.41, 5.74) is 0.156. The van der Waals surface area contributed by atoms with E-state index >= 15 is 0 Å². The molecule has 0 saturated carbocycles. The van der Waals surface area contributed by atoms with Gasteiger partial charge in [-0.2, -0.15) is 0 Å². The summed E-state index contributed by atoms with van der Waals surface area (Å²) in [6.45, 7) is 3.14. The van der Waals surface area contributed by atoms with E-state index in [1.807, 2.05) is 12.1 Å². The predicted octanol–water partition coefficient (Wildman–Crippen LogP) is 2.19. The van der Waals surface area contributed by atoms with Crippen molar-refractivity contribution in [1.29, 1.82) is 0 Å². The molecular weight excluding hydrogens is 348 g/mol. The van der Waals surface area contributed by atoms with Gasteiger partial charge in [-0.1, -0.05) is 12.1 Å². The zero-order valence-electron chi connectivity index (χ0n) is 14.7. The number of nitrogens with zero attached hydrogens (tertiary/aromatic N) is 1. The molecule has 0 unspecified atom stereocenters. The lowest BCUT2D eigenvalue weighted by Crippen LogP contribution is -2.43. The van der Waals surface area contributed by atoms with Gasteiger partial charge < -0.3 is 18.9 Å². The number of morpholine rings is 1. The van der Waals surface area contributed by atoms with Gasteiger partial charge in [0.15, 0.2) is 11.2 Å². The highest BCUT2D eigenvalue weighted by Gasteiger charge is 2.25. The van der Waals surface area contributed by atoms with E-state index in [0.717, 1.165) is 18.8 Å². The third-order valence-corrected chi connectivity index (χ3v) is 4.67. The van der Waals surface area contributed by atoms with Crippen LogP contribution in [0.4, 0.5) is 0 Å². The molecule has 1 aliphatic heterocycles. The molecule has 140 valence electrons. The summed E-state index contributed by atoms with van der Waals surface area (Å²) in [6, 6.07) is 11.7. The van der Waals surface area contributed by atoms with Gasteiger partial charge >= 0.3 is 0 Å². The van der Waals surface area contributed by atoms with Crippen molar-refractivity contribution in [3.8, 4) is 0 Å². The number of para-hydroxylation sites is 1. The van der Waals surface area contributed by atoms with Crippen LogP contribution in [0.5, 0.6) is 0 Å². The molecule has 1 aromatic carbocycles. The monoisotopic (exact) mass is 368 g/mol. The van der Waals surface area contributed by atoms with Gasteiger partial charge in [0.25, 0.3) is 5.91 Å². The van der Waals surface area contributed by atoms with Crippen LogP contribution in [0.15, 0.2) is 62.4 Å². The third-order valence-electron chi connectivity index (χ3n) is 4.67. The molecule has 1 N–H and O–H groups in total. The first-order valence-corrected chi connectivity index (χ1v) is 8.88. The fourth-order valence-corrected chi connectivity index (χ4v) is 3.27. The first kappa shape index (κ1) is 17.5. The normalized spacial score (nSPS) is 16.3. The van der Waals surface area contributed by atoms with Crippen molar-refractivity contribution in [2.45, 2.75) is 6.04 Å². The third kappa shape index (κ3) is 3.79. The number of carbonyl (C=O) groups is 1. The van der Waals surface area contributed by atoms with Gasteiger partial charge in [-0.25, -0.2) is 0 Å². The van der Waals surface area contributed by atoms with Crippen LogP contribution in [0, 0.1) is 0 Å².